The Kier molecular flexibility index (Phi) is 7.69. The van der Waals surface area contributed by atoms with Crippen molar-refractivity contribution >= 4 is 5.91 Å². The van der Waals surface area contributed by atoms with E-state index in [1.807, 2.05) is 6.92 Å². The van der Waals surface area contributed by atoms with E-state index in [0.29, 0.717) is 19.0 Å². The molecule has 0 aromatic heterocycles. The van der Waals surface area contributed by atoms with Gasteiger partial charge in [0.15, 0.2) is 0 Å². The highest BCUT2D eigenvalue weighted by Gasteiger charge is 2.01. The molecule has 0 spiro atoms. The van der Waals surface area contributed by atoms with Crippen LogP contribution in [0.2, 0.25) is 0 Å². The lowest BCUT2D eigenvalue weighted by Gasteiger charge is -2.10. The molecule has 2 N–H and O–H groups in total. The summed E-state index contributed by atoms with van der Waals surface area (Å²) in [6, 6.07) is 0. The van der Waals surface area contributed by atoms with Crippen LogP contribution in [-0.2, 0) is 4.79 Å². The van der Waals surface area contributed by atoms with Crippen molar-refractivity contribution in [3.8, 4) is 0 Å². The van der Waals surface area contributed by atoms with Crippen LogP contribution in [-0.4, -0.2) is 25.5 Å². The minimum Gasteiger partial charge on any atom is -0.355 e. The molecule has 0 aliphatic rings. The zero-order chi connectivity index (χ0) is 10.1. The van der Waals surface area contributed by atoms with Gasteiger partial charge in [-0.3, -0.25) is 4.79 Å². The number of likely N-dealkylation sites (N-methyl/N-ethyl adjacent to an activating group) is 1. The molecule has 0 saturated carbocycles. The molecule has 3 heteroatoms. The zero-order valence-electron chi connectivity index (χ0n) is 9.02. The molecular weight excluding hydrogens is 164 g/mol. The van der Waals surface area contributed by atoms with Crippen LogP contribution in [0.4, 0.5) is 0 Å². The Bertz CT molecular complexity index is 137. The molecule has 0 fully saturated rings. The van der Waals surface area contributed by atoms with Gasteiger partial charge in [-0.25, -0.2) is 0 Å². The Morgan fingerprint density at radius 2 is 2.08 bits per heavy atom. The fourth-order valence-corrected chi connectivity index (χ4v) is 1.29. The van der Waals surface area contributed by atoms with Crippen LogP contribution in [0.1, 0.15) is 33.6 Å². The second-order valence-corrected chi connectivity index (χ2v) is 3.48. The highest BCUT2D eigenvalue weighted by atomic mass is 16.1. The fourth-order valence-electron chi connectivity index (χ4n) is 1.29. The molecule has 0 rings (SSSR count). The lowest BCUT2D eigenvalue weighted by Crippen LogP contribution is -2.35. The van der Waals surface area contributed by atoms with Gasteiger partial charge in [-0.1, -0.05) is 20.3 Å². The lowest BCUT2D eigenvalue weighted by molar-refractivity contribution is -0.120. The van der Waals surface area contributed by atoms with Crippen molar-refractivity contribution in [1.82, 2.24) is 10.6 Å². The molecule has 1 unspecified atom stereocenters. The molecule has 1 atom stereocenters. The molecule has 3 nitrogen and oxygen atoms in total. The van der Waals surface area contributed by atoms with E-state index in [2.05, 4.69) is 24.5 Å². The molecule has 0 radical (unpaired) electrons. The summed E-state index contributed by atoms with van der Waals surface area (Å²) in [6.07, 6.45) is 2.44. The van der Waals surface area contributed by atoms with E-state index >= 15 is 0 Å². The lowest BCUT2D eigenvalue weighted by atomic mass is 10.1. The first-order chi connectivity index (χ1) is 6.20. The van der Waals surface area contributed by atoms with Gasteiger partial charge in [0.1, 0.15) is 0 Å². The third-order valence-corrected chi connectivity index (χ3v) is 1.93. The van der Waals surface area contributed by atoms with Crippen LogP contribution in [0.5, 0.6) is 0 Å². The second-order valence-electron chi connectivity index (χ2n) is 3.48. The Morgan fingerprint density at radius 3 is 2.62 bits per heavy atom. The Balaban J connectivity index is 3.28. The third kappa shape index (κ3) is 7.78. The molecule has 0 aromatic carbocycles. The van der Waals surface area contributed by atoms with Crippen molar-refractivity contribution in [2.45, 2.75) is 33.6 Å². The van der Waals surface area contributed by atoms with E-state index in [4.69, 9.17) is 0 Å². The summed E-state index contributed by atoms with van der Waals surface area (Å²) in [5.41, 5.74) is 0. The minimum atomic E-state index is 0.0891. The topological polar surface area (TPSA) is 41.1 Å². The SMILES string of the molecule is CCCC(C)CNCC(=O)NCC. The van der Waals surface area contributed by atoms with Crippen molar-refractivity contribution in [3.63, 3.8) is 0 Å². The maximum atomic E-state index is 11.0. The van der Waals surface area contributed by atoms with Gasteiger partial charge >= 0.3 is 0 Å². The largest absolute Gasteiger partial charge is 0.355 e. The smallest absolute Gasteiger partial charge is 0.233 e. The average molecular weight is 186 g/mol. The quantitative estimate of drug-likeness (QED) is 0.626. The molecule has 0 aliphatic heterocycles. The van der Waals surface area contributed by atoms with Crippen molar-refractivity contribution in [2.24, 2.45) is 5.92 Å². The average Bonchev–Trinajstić information content (AvgIpc) is 2.05. The number of hydrogen-bond donors (Lipinski definition) is 2. The van der Waals surface area contributed by atoms with Crippen LogP contribution >= 0.6 is 0 Å². The Labute approximate surface area is 81.3 Å². The summed E-state index contributed by atoms with van der Waals surface area (Å²) < 4.78 is 0. The van der Waals surface area contributed by atoms with E-state index in [0.717, 1.165) is 6.54 Å². The molecule has 78 valence electrons. The standard InChI is InChI=1S/C10H22N2O/c1-4-6-9(3)7-11-8-10(13)12-5-2/h9,11H,4-8H2,1-3H3,(H,12,13). The van der Waals surface area contributed by atoms with Crippen LogP contribution in [0, 0.1) is 5.92 Å². The number of carbonyl (C=O) groups excluding carboxylic acids is 1. The van der Waals surface area contributed by atoms with E-state index in [-0.39, 0.29) is 5.91 Å². The van der Waals surface area contributed by atoms with Crippen LogP contribution in [0.3, 0.4) is 0 Å². The van der Waals surface area contributed by atoms with Crippen molar-refractivity contribution in [3.05, 3.63) is 0 Å². The van der Waals surface area contributed by atoms with Gasteiger partial charge in [0, 0.05) is 6.54 Å². The number of carbonyl (C=O) groups is 1. The summed E-state index contributed by atoms with van der Waals surface area (Å²) >= 11 is 0. The predicted octanol–water partition coefficient (Wildman–Crippen LogP) is 1.15. The third-order valence-electron chi connectivity index (χ3n) is 1.93. The zero-order valence-corrected chi connectivity index (χ0v) is 9.02. The summed E-state index contributed by atoms with van der Waals surface area (Å²) in [5, 5.41) is 5.89. The number of nitrogens with one attached hydrogen (secondary N) is 2. The molecule has 0 aromatic rings. The maximum absolute atomic E-state index is 11.0. The molecule has 0 heterocycles. The molecule has 13 heavy (non-hydrogen) atoms. The maximum Gasteiger partial charge on any atom is 0.233 e. The second kappa shape index (κ2) is 8.05. The van der Waals surface area contributed by atoms with Crippen molar-refractivity contribution in [2.75, 3.05) is 19.6 Å². The van der Waals surface area contributed by atoms with Crippen LogP contribution < -0.4 is 10.6 Å². The molecular formula is C10H22N2O. The van der Waals surface area contributed by atoms with Crippen LogP contribution in [0.25, 0.3) is 0 Å². The van der Waals surface area contributed by atoms with Crippen molar-refractivity contribution < 1.29 is 4.79 Å². The summed E-state index contributed by atoms with van der Waals surface area (Å²) in [7, 11) is 0. The summed E-state index contributed by atoms with van der Waals surface area (Å²) in [6.45, 7) is 8.41. The Morgan fingerprint density at radius 1 is 1.38 bits per heavy atom. The summed E-state index contributed by atoms with van der Waals surface area (Å²) in [4.78, 5) is 11.0. The van der Waals surface area contributed by atoms with E-state index in [9.17, 15) is 4.79 Å². The number of hydrogen-bond acceptors (Lipinski definition) is 2. The fraction of sp³-hybridized carbons (Fsp3) is 0.900. The van der Waals surface area contributed by atoms with Gasteiger partial charge in [0.05, 0.1) is 6.54 Å². The highest BCUT2D eigenvalue weighted by molar-refractivity contribution is 5.77. The first-order valence-corrected chi connectivity index (χ1v) is 5.18. The van der Waals surface area contributed by atoms with Gasteiger partial charge < -0.3 is 10.6 Å². The van der Waals surface area contributed by atoms with Gasteiger partial charge in [-0.15, -0.1) is 0 Å². The highest BCUT2D eigenvalue weighted by Crippen LogP contribution is 2.01. The molecule has 0 saturated heterocycles. The van der Waals surface area contributed by atoms with Crippen LogP contribution in [0.15, 0.2) is 0 Å². The van der Waals surface area contributed by atoms with E-state index in [1.54, 1.807) is 0 Å². The Hall–Kier alpha value is -0.570. The van der Waals surface area contributed by atoms with Gasteiger partial charge in [-0.2, -0.15) is 0 Å². The minimum absolute atomic E-state index is 0.0891. The van der Waals surface area contributed by atoms with Gasteiger partial charge in [-0.05, 0) is 25.8 Å². The van der Waals surface area contributed by atoms with E-state index < -0.39 is 0 Å². The first-order valence-electron chi connectivity index (χ1n) is 5.18. The molecule has 0 bridgehead atoms. The normalized spacial score (nSPS) is 12.5. The molecule has 0 aliphatic carbocycles. The first kappa shape index (κ1) is 12.4. The van der Waals surface area contributed by atoms with Gasteiger partial charge in [0.25, 0.3) is 0 Å². The summed E-state index contributed by atoms with van der Waals surface area (Å²) in [5.74, 6) is 0.755. The van der Waals surface area contributed by atoms with Crippen molar-refractivity contribution in [1.29, 1.82) is 0 Å². The number of rotatable bonds is 7. The number of amides is 1. The molecule has 1 amide bonds. The van der Waals surface area contributed by atoms with E-state index in [1.165, 1.54) is 12.8 Å². The predicted molar refractivity (Wildman–Crippen MR) is 55.6 cm³/mol. The monoisotopic (exact) mass is 186 g/mol. The van der Waals surface area contributed by atoms with Gasteiger partial charge in [0.2, 0.25) is 5.91 Å².